The summed E-state index contributed by atoms with van der Waals surface area (Å²) in [5.41, 5.74) is 9.92. The van der Waals surface area contributed by atoms with E-state index in [0.717, 1.165) is 38.0 Å². The molecule has 0 spiro atoms. The smallest absolute Gasteiger partial charge is 0.122 e. The molecule has 110 valence electrons. The fourth-order valence-corrected chi connectivity index (χ4v) is 4.05. The average Bonchev–Trinajstić information content (AvgIpc) is 2.82. The van der Waals surface area contributed by atoms with Crippen molar-refractivity contribution in [2.24, 2.45) is 11.1 Å². The van der Waals surface area contributed by atoms with E-state index in [4.69, 9.17) is 10.5 Å². The van der Waals surface area contributed by atoms with Crippen LogP contribution in [0.5, 0.6) is 5.75 Å². The molecule has 1 aromatic carbocycles. The quantitative estimate of drug-likeness (QED) is 0.908. The van der Waals surface area contributed by atoms with E-state index in [-0.39, 0.29) is 5.54 Å². The summed E-state index contributed by atoms with van der Waals surface area (Å²) in [6, 6.07) is 6.66. The van der Waals surface area contributed by atoms with Gasteiger partial charge in [0.2, 0.25) is 0 Å². The summed E-state index contributed by atoms with van der Waals surface area (Å²) in [7, 11) is 0. The molecule has 20 heavy (non-hydrogen) atoms. The molecule has 2 N–H and O–H groups in total. The predicted octanol–water partition coefficient (Wildman–Crippen LogP) is 3.85. The summed E-state index contributed by atoms with van der Waals surface area (Å²) in [4.78, 5) is 0. The van der Waals surface area contributed by atoms with Gasteiger partial charge in [-0.15, -0.1) is 0 Å². The molecule has 2 heteroatoms. The minimum Gasteiger partial charge on any atom is -0.493 e. The molecule has 0 bridgehead atoms. The minimum atomic E-state index is 0.0390. The Labute approximate surface area is 122 Å². The van der Waals surface area contributed by atoms with Crippen molar-refractivity contribution in [1.29, 1.82) is 0 Å². The summed E-state index contributed by atoms with van der Waals surface area (Å²) < 4.78 is 5.57. The lowest BCUT2D eigenvalue weighted by atomic mass is 9.67. The van der Waals surface area contributed by atoms with Crippen LogP contribution >= 0.6 is 0 Å². The van der Waals surface area contributed by atoms with E-state index in [0.29, 0.717) is 5.41 Å². The molecule has 1 heterocycles. The van der Waals surface area contributed by atoms with Crippen molar-refractivity contribution in [3.63, 3.8) is 0 Å². The zero-order valence-electron chi connectivity index (χ0n) is 12.9. The highest BCUT2D eigenvalue weighted by atomic mass is 16.5. The van der Waals surface area contributed by atoms with E-state index in [1.165, 1.54) is 30.4 Å². The van der Waals surface area contributed by atoms with Crippen molar-refractivity contribution in [2.75, 3.05) is 6.61 Å². The Balaban J connectivity index is 1.64. The van der Waals surface area contributed by atoms with Gasteiger partial charge >= 0.3 is 0 Å². The minimum absolute atomic E-state index is 0.0390. The van der Waals surface area contributed by atoms with Gasteiger partial charge in [-0.2, -0.15) is 0 Å². The van der Waals surface area contributed by atoms with Gasteiger partial charge in [0.05, 0.1) is 6.61 Å². The fourth-order valence-electron chi connectivity index (χ4n) is 4.05. The molecule has 0 aromatic heterocycles. The summed E-state index contributed by atoms with van der Waals surface area (Å²) in [6.07, 6.45) is 8.21. The standard InChI is InChI=1S/C18H27NO/c1-17(2)8-3-9-18(19,13-17)10-6-14-4-5-16-15(12-14)7-11-20-16/h4-5,12H,3,6-11,13,19H2,1-2H3. The van der Waals surface area contributed by atoms with Gasteiger partial charge in [-0.25, -0.2) is 0 Å². The molecule has 1 saturated carbocycles. The van der Waals surface area contributed by atoms with Gasteiger partial charge < -0.3 is 10.5 Å². The molecule has 1 aliphatic heterocycles. The van der Waals surface area contributed by atoms with Crippen LogP contribution in [-0.4, -0.2) is 12.1 Å². The van der Waals surface area contributed by atoms with Crippen LogP contribution in [0.4, 0.5) is 0 Å². The van der Waals surface area contributed by atoms with E-state index < -0.39 is 0 Å². The van der Waals surface area contributed by atoms with E-state index in [1.807, 2.05) is 0 Å². The third-order valence-electron chi connectivity index (χ3n) is 5.02. The van der Waals surface area contributed by atoms with Gasteiger partial charge in [0.1, 0.15) is 5.75 Å². The molecular formula is C18H27NO. The number of aryl methyl sites for hydroxylation is 1. The molecule has 0 amide bonds. The fraction of sp³-hybridized carbons (Fsp3) is 0.667. The lowest BCUT2D eigenvalue weighted by Crippen LogP contribution is -2.47. The molecule has 0 radical (unpaired) electrons. The Morgan fingerprint density at radius 2 is 2.10 bits per heavy atom. The van der Waals surface area contributed by atoms with Gasteiger partial charge in [-0.1, -0.05) is 32.4 Å². The first-order valence-electron chi connectivity index (χ1n) is 7.99. The molecule has 1 atom stereocenters. The molecule has 1 fully saturated rings. The van der Waals surface area contributed by atoms with E-state index in [1.54, 1.807) is 0 Å². The van der Waals surface area contributed by atoms with Crippen molar-refractivity contribution in [1.82, 2.24) is 0 Å². The van der Waals surface area contributed by atoms with Crippen molar-refractivity contribution < 1.29 is 4.74 Å². The highest BCUT2D eigenvalue weighted by Crippen LogP contribution is 2.41. The van der Waals surface area contributed by atoms with Crippen LogP contribution in [-0.2, 0) is 12.8 Å². The third-order valence-corrected chi connectivity index (χ3v) is 5.02. The number of hydrogen-bond acceptors (Lipinski definition) is 2. The molecule has 1 aromatic rings. The third kappa shape index (κ3) is 3.01. The Kier molecular flexibility index (Phi) is 3.53. The van der Waals surface area contributed by atoms with Crippen LogP contribution < -0.4 is 10.5 Å². The average molecular weight is 273 g/mol. The van der Waals surface area contributed by atoms with E-state index >= 15 is 0 Å². The van der Waals surface area contributed by atoms with Crippen molar-refractivity contribution >= 4 is 0 Å². The number of fused-ring (bicyclic) bond motifs is 1. The number of rotatable bonds is 3. The Morgan fingerprint density at radius 1 is 1.25 bits per heavy atom. The maximum absolute atomic E-state index is 6.67. The number of hydrogen-bond donors (Lipinski definition) is 1. The molecule has 0 saturated heterocycles. The van der Waals surface area contributed by atoms with Crippen LogP contribution in [0.2, 0.25) is 0 Å². The van der Waals surface area contributed by atoms with Crippen LogP contribution in [0.1, 0.15) is 57.1 Å². The van der Waals surface area contributed by atoms with Crippen LogP contribution in [0.3, 0.4) is 0 Å². The lowest BCUT2D eigenvalue weighted by molar-refractivity contribution is 0.144. The first-order valence-corrected chi connectivity index (χ1v) is 7.99. The van der Waals surface area contributed by atoms with Crippen LogP contribution in [0.15, 0.2) is 18.2 Å². The second-order valence-corrected chi connectivity index (χ2v) is 7.60. The SMILES string of the molecule is CC1(C)CCCC(N)(CCc2ccc3c(c2)CCO3)C1. The summed E-state index contributed by atoms with van der Waals surface area (Å²) in [6.45, 7) is 5.56. The number of benzene rings is 1. The highest BCUT2D eigenvalue weighted by Gasteiger charge is 2.36. The molecule has 3 rings (SSSR count). The normalized spacial score (nSPS) is 27.9. The molecule has 2 aliphatic rings. The topological polar surface area (TPSA) is 35.2 Å². The summed E-state index contributed by atoms with van der Waals surface area (Å²) in [5.74, 6) is 1.08. The van der Waals surface area contributed by atoms with Crippen molar-refractivity contribution in [2.45, 2.75) is 64.3 Å². The second kappa shape index (κ2) is 5.07. The van der Waals surface area contributed by atoms with Gasteiger partial charge in [0.15, 0.2) is 0 Å². The Hall–Kier alpha value is -1.02. The Bertz CT molecular complexity index is 494. The van der Waals surface area contributed by atoms with Crippen LogP contribution in [0.25, 0.3) is 0 Å². The zero-order valence-corrected chi connectivity index (χ0v) is 12.9. The zero-order chi connectivity index (χ0) is 14.2. The first kappa shape index (κ1) is 13.9. The molecule has 1 unspecified atom stereocenters. The predicted molar refractivity (Wildman–Crippen MR) is 83.1 cm³/mol. The summed E-state index contributed by atoms with van der Waals surface area (Å²) in [5, 5.41) is 0. The van der Waals surface area contributed by atoms with Gasteiger partial charge in [0.25, 0.3) is 0 Å². The van der Waals surface area contributed by atoms with Crippen molar-refractivity contribution in [3.05, 3.63) is 29.3 Å². The van der Waals surface area contributed by atoms with Gasteiger partial charge in [-0.3, -0.25) is 0 Å². The lowest BCUT2D eigenvalue weighted by Gasteiger charge is -2.42. The maximum Gasteiger partial charge on any atom is 0.122 e. The molecule has 1 aliphatic carbocycles. The monoisotopic (exact) mass is 273 g/mol. The van der Waals surface area contributed by atoms with Crippen LogP contribution in [0, 0.1) is 5.41 Å². The second-order valence-electron chi connectivity index (χ2n) is 7.60. The highest BCUT2D eigenvalue weighted by molar-refractivity contribution is 5.39. The van der Waals surface area contributed by atoms with E-state index in [2.05, 4.69) is 32.0 Å². The number of ether oxygens (including phenoxy) is 1. The molecular weight excluding hydrogens is 246 g/mol. The molecule has 2 nitrogen and oxygen atoms in total. The van der Waals surface area contributed by atoms with Gasteiger partial charge in [-0.05, 0) is 54.7 Å². The van der Waals surface area contributed by atoms with Crippen molar-refractivity contribution in [3.8, 4) is 5.75 Å². The van der Waals surface area contributed by atoms with E-state index in [9.17, 15) is 0 Å². The van der Waals surface area contributed by atoms with Gasteiger partial charge in [0, 0.05) is 12.0 Å². The number of nitrogens with two attached hydrogens (primary N) is 1. The Morgan fingerprint density at radius 3 is 2.90 bits per heavy atom. The largest absolute Gasteiger partial charge is 0.493 e. The first-order chi connectivity index (χ1) is 9.46. The summed E-state index contributed by atoms with van der Waals surface area (Å²) >= 11 is 0. The maximum atomic E-state index is 6.67.